The molecule has 36 heteroatoms. The number of nitrogens with one attached hydrogen (secondary N) is 1. The van der Waals surface area contributed by atoms with Crippen LogP contribution < -0.4 is 33.7 Å². The molecule has 2 N–H and O–H groups in total. The van der Waals surface area contributed by atoms with Gasteiger partial charge in [0, 0.05) is 56.8 Å². The lowest BCUT2D eigenvalue weighted by Gasteiger charge is -2.35. The van der Waals surface area contributed by atoms with Crippen LogP contribution in [-0.2, 0) is 61.9 Å². The van der Waals surface area contributed by atoms with Gasteiger partial charge in [-0.2, -0.15) is 0 Å². The lowest BCUT2D eigenvalue weighted by molar-refractivity contribution is -0.167. The Hall–Kier alpha value is -9.57. The van der Waals surface area contributed by atoms with Crippen LogP contribution in [0.5, 0.6) is 34.9 Å². The highest BCUT2D eigenvalue weighted by atomic mass is 35.5. The molecule has 709 valence electrons. The van der Waals surface area contributed by atoms with Crippen LogP contribution in [-0.4, -0.2) is 242 Å². The summed E-state index contributed by atoms with van der Waals surface area (Å²) in [6, 6.07) is 12.7. The fraction of sp³-hybridized carbons (Fsp3) is 0.634. The van der Waals surface area contributed by atoms with Gasteiger partial charge in [-0.15, -0.1) is 6.58 Å². The average molecular weight is 1860 g/mol. The second kappa shape index (κ2) is 43.2. The first-order valence-corrected chi connectivity index (χ1v) is 44.3. The van der Waals surface area contributed by atoms with Crippen molar-refractivity contribution in [1.82, 2.24) is 49.9 Å². The number of fused-ring (bicyclic) bond motifs is 3. The molecule has 3 aromatic heterocycles. The van der Waals surface area contributed by atoms with Crippen molar-refractivity contribution in [1.29, 1.82) is 0 Å². The van der Waals surface area contributed by atoms with Gasteiger partial charge in [-0.25, -0.2) is 53.9 Å². The maximum Gasteiger partial charge on any atom is 0.411 e. The smallest absolute Gasteiger partial charge is 0.411 e. The Morgan fingerprint density at radius 3 is 1.18 bits per heavy atom. The van der Waals surface area contributed by atoms with Crippen LogP contribution in [0.1, 0.15) is 205 Å². The zero-order valence-electron chi connectivity index (χ0n) is 79.8. The number of carbonyl (C=O) groups is 8. The average Bonchev–Trinajstić information content (AvgIpc) is 1.67. The number of hydrogen-bond acceptors (Lipinski definition) is 29. The van der Waals surface area contributed by atoms with Crippen LogP contribution in [0.2, 0.25) is 15.5 Å². The minimum Gasteiger partial charge on any atom is -0.497 e. The zero-order valence-corrected chi connectivity index (χ0v) is 82.0. The van der Waals surface area contributed by atoms with Crippen LogP contribution in [0.4, 0.5) is 9.59 Å². The number of likely N-dealkylation sites (tertiary alicyclic amines) is 3. The van der Waals surface area contributed by atoms with Crippen LogP contribution >= 0.6 is 34.8 Å². The molecule has 0 unspecified atom stereocenters. The minimum atomic E-state index is -0.956. The van der Waals surface area contributed by atoms with Gasteiger partial charge in [-0.3, -0.25) is 24.2 Å². The Bertz CT molecular complexity index is 4960. The zero-order chi connectivity index (χ0) is 95.7. The monoisotopic (exact) mass is 1860 g/mol. The molecule has 1 saturated carbocycles. The van der Waals surface area contributed by atoms with Gasteiger partial charge in [0.05, 0.1) is 92.5 Å². The summed E-state index contributed by atoms with van der Waals surface area (Å²) in [5.74, 6) is -2.14. The number of rotatable bonds is 21. The van der Waals surface area contributed by atoms with E-state index < -0.39 is 141 Å². The van der Waals surface area contributed by atoms with Gasteiger partial charge in [-0.1, -0.05) is 89.3 Å². The van der Waals surface area contributed by atoms with Crippen molar-refractivity contribution >= 4 is 124 Å². The van der Waals surface area contributed by atoms with E-state index in [-0.39, 0.29) is 97.6 Å². The molecule has 3 aromatic carbocycles. The standard InChI is InChI=1S/C35H48ClN3O7.C24H32ClN3O6.C19H24ClN3O4.C15H27NO5.B/c1-10-11-12-13-21-16-26(21)44-28(40)18-23(34(3,4)5)32(41)39-19-27(20(2)29(39)33(42)46-35(6,7)8)45-31-30(36)37-24-15-14-22(43-9)17-25(24)38-31;1-13-17(32-20-19(25)26-15-10-9-14(31-8)11-16(15)27-20)12-28(22(30)34-24(5,6)7)18(13)21(29)33-23(2,3)4;1-10-14(9-21-15(10)18(24)27-19(2,3)4)26-17-16(20)22-12-7-6-11(25-5)8-13(12)23-17;1-9-10(17)8-16(13(19)21-15(5,6)7)11(9)12(18)20-14(2,3)4;/h10,14-15,17,20-21,23,26-27,29H,1,11-13,16,18-19H2,2-9H3;9-11,13,17-18H,12H2,1-8H3;6-8,10,14-15,21H,9H2,1-5H3;9-11,17H,8H2,1-7H3;/t20-,21-,23-,26-,27+,29+;13-,17+,18+;10-,14+,15+;9-,10+,11+;/m1111./s1. The molecule has 4 aliphatic heterocycles. The van der Waals surface area contributed by atoms with Crippen molar-refractivity contribution < 1.29 is 105 Å². The van der Waals surface area contributed by atoms with Crippen molar-refractivity contribution in [2.45, 2.75) is 293 Å². The van der Waals surface area contributed by atoms with Crippen molar-refractivity contribution in [2.75, 3.05) is 47.5 Å². The Morgan fingerprint density at radius 1 is 0.465 bits per heavy atom. The molecule has 3 radical (unpaired) electrons. The van der Waals surface area contributed by atoms with Gasteiger partial charge in [0.15, 0.2) is 15.5 Å². The first kappa shape index (κ1) is 106. The number of amides is 3. The molecule has 3 amide bonds. The molecule has 32 nitrogen and oxygen atoms in total. The van der Waals surface area contributed by atoms with Crippen molar-refractivity contribution in [3.05, 3.63) is 82.7 Å². The second-order valence-electron chi connectivity index (χ2n) is 40.0. The Balaban J connectivity index is 0.000000244. The van der Waals surface area contributed by atoms with Crippen LogP contribution in [0.3, 0.4) is 0 Å². The molecule has 6 aromatic rings. The molecular formula is C93H131BCl3N10O22. The molecule has 129 heavy (non-hydrogen) atoms. The minimum absolute atomic E-state index is 0. The fourth-order valence-electron chi connectivity index (χ4n) is 14.8. The lowest BCUT2D eigenvalue weighted by atomic mass is 9.77. The Labute approximate surface area is 774 Å². The molecule has 1 aliphatic carbocycles. The first-order chi connectivity index (χ1) is 59.2. The number of carbonyl (C=O) groups excluding carboxylic acids is 8. The summed E-state index contributed by atoms with van der Waals surface area (Å²) in [5.41, 5.74) is -1.20. The number of allylic oxidation sites excluding steroid dienone is 1. The number of nitrogens with zero attached hydrogens (tertiary/aromatic N) is 9. The molecule has 4 saturated heterocycles. The summed E-state index contributed by atoms with van der Waals surface area (Å²) in [7, 11) is 4.71. The van der Waals surface area contributed by atoms with Gasteiger partial charge in [0.25, 0.3) is 17.6 Å². The fourth-order valence-corrected chi connectivity index (χ4v) is 15.3. The summed E-state index contributed by atoms with van der Waals surface area (Å²) in [4.78, 5) is 135. The molecule has 15 atom stereocenters. The number of unbranched alkanes of at least 4 members (excludes halogenated alkanes) is 1. The molecule has 11 rings (SSSR count). The normalized spacial score (nSPS) is 23.0. The van der Waals surface area contributed by atoms with Gasteiger partial charge in [-0.05, 0) is 198 Å². The van der Waals surface area contributed by atoms with E-state index in [1.807, 2.05) is 68.4 Å². The molecule has 5 aliphatic rings. The van der Waals surface area contributed by atoms with Crippen molar-refractivity contribution in [2.24, 2.45) is 40.9 Å². The summed E-state index contributed by atoms with van der Waals surface area (Å²) >= 11 is 19.1. The number of benzene rings is 3. The number of esters is 5. The van der Waals surface area contributed by atoms with E-state index in [4.69, 9.17) is 96.4 Å². The summed E-state index contributed by atoms with van der Waals surface area (Å²) in [6.45, 7) is 49.5. The number of aromatic nitrogens is 6. The van der Waals surface area contributed by atoms with Gasteiger partial charge < -0.3 is 76.9 Å². The predicted molar refractivity (Wildman–Crippen MR) is 489 cm³/mol. The summed E-state index contributed by atoms with van der Waals surface area (Å²) in [5, 5.41) is 13.5. The van der Waals surface area contributed by atoms with Crippen LogP contribution in [0, 0.1) is 40.9 Å². The summed E-state index contributed by atoms with van der Waals surface area (Å²) < 4.78 is 73.0. The SMILES string of the molecule is C=CCCC[C@@H]1C[C@H]1OC(=O)C[C@H](C(=O)N1C[C@H](Oc2nc3cc(OC)ccc3nc2Cl)[C@@H](C)[C@H]1C(=O)OC(C)(C)C)C(C)(C)C.COc1ccc2nc(Cl)c(O[C@H]3CN(C(=O)OC(C)(C)C)[C@H](C(=O)OC(C)(C)C)[C@@H]3C)nc2c1.COc1ccc2nc(Cl)c(O[C@H]3CN[C@H](C(=O)OC(C)(C)C)[C@@H]3C)nc2c1.C[C@H]1[C@@H](C(=O)OC(C)(C)C)N(C(=O)OC(C)(C)C)C[C@@H]1O.[B]. The third-order valence-electron chi connectivity index (χ3n) is 21.2. The number of aliphatic hydroxyl groups excluding tert-OH is 1. The second-order valence-corrected chi connectivity index (χ2v) is 41.0. The Morgan fingerprint density at radius 2 is 0.814 bits per heavy atom. The maximum absolute atomic E-state index is 14.4. The molecular weight excluding hydrogens is 1730 g/mol. The van der Waals surface area contributed by atoms with E-state index in [0.717, 1.165) is 25.7 Å². The topological polar surface area (TPSA) is 376 Å². The van der Waals surface area contributed by atoms with E-state index in [1.54, 1.807) is 187 Å². The number of hydrogen-bond donors (Lipinski definition) is 2. The third kappa shape index (κ3) is 30.0. The van der Waals surface area contributed by atoms with Gasteiger partial charge >= 0.3 is 42.0 Å². The van der Waals surface area contributed by atoms with Crippen LogP contribution in [0.15, 0.2) is 67.3 Å². The number of methoxy groups -OCH3 is 3. The summed E-state index contributed by atoms with van der Waals surface area (Å²) in [6.07, 6.45) is 1.91. The molecule has 7 heterocycles. The number of aliphatic hydroxyl groups is 1. The van der Waals surface area contributed by atoms with Gasteiger partial charge in [0.2, 0.25) is 5.91 Å². The quantitative estimate of drug-likeness (QED) is 0.0222. The van der Waals surface area contributed by atoms with E-state index in [9.17, 15) is 43.5 Å². The predicted octanol–water partition coefficient (Wildman–Crippen LogP) is 15.8. The van der Waals surface area contributed by atoms with Crippen LogP contribution in [0.25, 0.3) is 33.1 Å². The lowest BCUT2D eigenvalue weighted by Crippen LogP contribution is -2.50. The first-order valence-electron chi connectivity index (χ1n) is 43.2. The highest BCUT2D eigenvalue weighted by Crippen LogP contribution is 2.43. The van der Waals surface area contributed by atoms with E-state index in [1.165, 1.54) is 14.7 Å². The third-order valence-corrected chi connectivity index (χ3v) is 22.0. The van der Waals surface area contributed by atoms with E-state index in [0.29, 0.717) is 62.8 Å². The maximum atomic E-state index is 14.4. The number of halogens is 3. The van der Waals surface area contributed by atoms with Crippen molar-refractivity contribution in [3.8, 4) is 34.9 Å². The van der Waals surface area contributed by atoms with Gasteiger partial charge in [0.1, 0.15) is 99.4 Å². The molecule has 0 bridgehead atoms. The number of ether oxygens (including phenoxy) is 13. The Kier molecular flexibility index (Phi) is 35.7. The van der Waals surface area contributed by atoms with E-state index in [2.05, 4.69) is 41.8 Å². The highest BCUT2D eigenvalue weighted by molar-refractivity contribution is 6.31. The largest absolute Gasteiger partial charge is 0.497 e. The molecule has 0 spiro atoms. The van der Waals surface area contributed by atoms with E-state index >= 15 is 0 Å². The highest BCUT2D eigenvalue weighted by Gasteiger charge is 2.54. The van der Waals surface area contributed by atoms with Crippen molar-refractivity contribution in [3.63, 3.8) is 0 Å². The number of β-amino-alcohol motifs (C(OH)–C–C–N with tert-alkyl or cyclic N) is 1. The molecule has 5 fully saturated rings.